The van der Waals surface area contributed by atoms with E-state index in [9.17, 15) is 9.59 Å². The molecular formula is C18H29N5O2. The molecule has 0 radical (unpaired) electrons. The van der Waals surface area contributed by atoms with Gasteiger partial charge in [-0.15, -0.1) is 0 Å². The number of aryl methyl sites for hydroxylation is 1. The maximum absolute atomic E-state index is 13.0. The van der Waals surface area contributed by atoms with Gasteiger partial charge in [0.2, 0.25) is 11.8 Å². The van der Waals surface area contributed by atoms with Gasteiger partial charge >= 0.3 is 0 Å². The average molecular weight is 347 g/mol. The fraction of sp³-hybridized carbons (Fsp3) is 0.722. The molecule has 1 aromatic heterocycles. The maximum atomic E-state index is 13.0. The Balaban J connectivity index is 1.63. The molecule has 1 unspecified atom stereocenters. The minimum Gasteiger partial charge on any atom is -0.340 e. The minimum atomic E-state index is -0.347. The van der Waals surface area contributed by atoms with Crippen LogP contribution in [0, 0.1) is 5.41 Å². The molecule has 2 amide bonds. The van der Waals surface area contributed by atoms with E-state index in [0.717, 1.165) is 38.2 Å². The highest BCUT2D eigenvalue weighted by atomic mass is 16.2. The predicted octanol–water partition coefficient (Wildman–Crippen LogP) is 1.11. The van der Waals surface area contributed by atoms with Crippen LogP contribution in [-0.4, -0.2) is 70.2 Å². The number of piperidine rings is 1. The van der Waals surface area contributed by atoms with E-state index in [4.69, 9.17) is 0 Å². The molecule has 0 N–H and O–H groups in total. The van der Waals surface area contributed by atoms with Gasteiger partial charge in [-0.25, -0.2) is 0 Å². The SMILES string of the molecule is Cn1cc(N2CCCC(N3CCN(C(=O)C(C)(C)C)CC3)C2=O)cn1. The summed E-state index contributed by atoms with van der Waals surface area (Å²) in [6.07, 6.45) is 5.52. The van der Waals surface area contributed by atoms with Gasteiger partial charge in [0.05, 0.1) is 17.9 Å². The highest BCUT2D eigenvalue weighted by Crippen LogP contribution is 2.25. The number of amides is 2. The van der Waals surface area contributed by atoms with Crippen LogP contribution in [0.25, 0.3) is 0 Å². The Morgan fingerprint density at radius 1 is 1.16 bits per heavy atom. The molecule has 7 nitrogen and oxygen atoms in total. The number of anilines is 1. The summed E-state index contributed by atoms with van der Waals surface area (Å²) < 4.78 is 1.73. The van der Waals surface area contributed by atoms with Gasteiger partial charge in [0.15, 0.2) is 0 Å². The van der Waals surface area contributed by atoms with E-state index in [1.165, 1.54) is 0 Å². The first-order chi connectivity index (χ1) is 11.8. The molecule has 0 aliphatic carbocycles. The monoisotopic (exact) mass is 347 g/mol. The molecule has 2 aliphatic heterocycles. The summed E-state index contributed by atoms with van der Waals surface area (Å²) in [5, 5.41) is 4.18. The number of carbonyl (C=O) groups is 2. The molecule has 2 fully saturated rings. The van der Waals surface area contributed by atoms with Crippen molar-refractivity contribution in [1.29, 1.82) is 0 Å². The van der Waals surface area contributed by atoms with E-state index in [-0.39, 0.29) is 23.3 Å². The molecule has 1 atom stereocenters. The van der Waals surface area contributed by atoms with Crippen molar-refractivity contribution in [1.82, 2.24) is 19.6 Å². The van der Waals surface area contributed by atoms with Crippen molar-refractivity contribution in [2.24, 2.45) is 12.5 Å². The third-order valence-corrected chi connectivity index (χ3v) is 5.10. The summed E-state index contributed by atoms with van der Waals surface area (Å²) in [6.45, 7) is 9.55. The number of hydrogen-bond acceptors (Lipinski definition) is 4. The molecular weight excluding hydrogens is 318 g/mol. The Hall–Kier alpha value is -1.89. The molecule has 2 aliphatic rings. The number of carbonyl (C=O) groups excluding carboxylic acids is 2. The summed E-state index contributed by atoms with van der Waals surface area (Å²) in [5.41, 5.74) is 0.527. The quantitative estimate of drug-likeness (QED) is 0.804. The van der Waals surface area contributed by atoms with Gasteiger partial charge in [0.25, 0.3) is 0 Å². The molecule has 25 heavy (non-hydrogen) atoms. The summed E-state index contributed by atoms with van der Waals surface area (Å²) >= 11 is 0. The van der Waals surface area contributed by atoms with E-state index in [1.807, 2.05) is 43.8 Å². The lowest BCUT2D eigenvalue weighted by molar-refractivity contribution is -0.142. The van der Waals surface area contributed by atoms with Gasteiger partial charge in [-0.1, -0.05) is 20.8 Å². The second-order valence-corrected chi connectivity index (χ2v) is 8.10. The van der Waals surface area contributed by atoms with E-state index >= 15 is 0 Å². The smallest absolute Gasteiger partial charge is 0.244 e. The molecule has 3 rings (SSSR count). The first kappa shape index (κ1) is 17.9. The van der Waals surface area contributed by atoms with E-state index in [1.54, 1.807) is 10.9 Å². The summed E-state index contributed by atoms with van der Waals surface area (Å²) in [4.78, 5) is 31.4. The van der Waals surface area contributed by atoms with E-state index in [0.29, 0.717) is 13.1 Å². The first-order valence-electron chi connectivity index (χ1n) is 9.11. The zero-order valence-corrected chi connectivity index (χ0v) is 15.7. The van der Waals surface area contributed by atoms with Gasteiger partial charge in [-0.05, 0) is 12.8 Å². The minimum absolute atomic E-state index is 0.0826. The van der Waals surface area contributed by atoms with Crippen LogP contribution >= 0.6 is 0 Å². The molecule has 0 saturated carbocycles. The lowest BCUT2D eigenvalue weighted by Gasteiger charge is -2.43. The van der Waals surface area contributed by atoms with Crippen LogP contribution in [0.5, 0.6) is 0 Å². The van der Waals surface area contributed by atoms with Crippen LogP contribution in [0.4, 0.5) is 5.69 Å². The van der Waals surface area contributed by atoms with Crippen molar-refractivity contribution < 1.29 is 9.59 Å². The van der Waals surface area contributed by atoms with Crippen LogP contribution in [0.2, 0.25) is 0 Å². The van der Waals surface area contributed by atoms with Crippen molar-refractivity contribution in [3.63, 3.8) is 0 Å². The highest BCUT2D eigenvalue weighted by Gasteiger charge is 2.37. The van der Waals surface area contributed by atoms with Crippen molar-refractivity contribution in [3.05, 3.63) is 12.4 Å². The van der Waals surface area contributed by atoms with Crippen molar-refractivity contribution in [3.8, 4) is 0 Å². The number of aromatic nitrogens is 2. The van der Waals surface area contributed by atoms with Crippen molar-refractivity contribution in [2.45, 2.75) is 39.7 Å². The Labute approximate surface area is 149 Å². The molecule has 0 aromatic carbocycles. The van der Waals surface area contributed by atoms with Gasteiger partial charge in [-0.3, -0.25) is 19.2 Å². The molecule has 1 aromatic rings. The zero-order chi connectivity index (χ0) is 18.2. The fourth-order valence-corrected chi connectivity index (χ4v) is 3.71. The zero-order valence-electron chi connectivity index (χ0n) is 15.7. The Kier molecular flexibility index (Phi) is 4.86. The second-order valence-electron chi connectivity index (χ2n) is 8.10. The van der Waals surface area contributed by atoms with Crippen LogP contribution in [0.1, 0.15) is 33.6 Å². The van der Waals surface area contributed by atoms with Crippen LogP contribution < -0.4 is 4.90 Å². The molecule has 3 heterocycles. The number of rotatable bonds is 2. The van der Waals surface area contributed by atoms with Crippen molar-refractivity contribution in [2.75, 3.05) is 37.6 Å². The third-order valence-electron chi connectivity index (χ3n) is 5.10. The Morgan fingerprint density at radius 3 is 2.40 bits per heavy atom. The van der Waals surface area contributed by atoms with Gasteiger partial charge in [0.1, 0.15) is 0 Å². The predicted molar refractivity (Wildman–Crippen MR) is 96.2 cm³/mol. The van der Waals surface area contributed by atoms with Gasteiger partial charge in [0, 0.05) is 51.4 Å². The van der Waals surface area contributed by atoms with Crippen molar-refractivity contribution >= 4 is 17.5 Å². The second kappa shape index (κ2) is 6.78. The topological polar surface area (TPSA) is 61.7 Å². The molecule has 2 saturated heterocycles. The fourth-order valence-electron chi connectivity index (χ4n) is 3.71. The Morgan fingerprint density at radius 2 is 1.84 bits per heavy atom. The number of hydrogen-bond donors (Lipinski definition) is 0. The summed E-state index contributed by atoms with van der Waals surface area (Å²) in [6, 6.07) is -0.0826. The number of nitrogens with zero attached hydrogens (tertiary/aromatic N) is 5. The van der Waals surface area contributed by atoms with E-state index in [2.05, 4.69) is 10.00 Å². The maximum Gasteiger partial charge on any atom is 0.244 e. The Bertz CT molecular complexity index is 640. The molecule has 0 spiro atoms. The molecule has 138 valence electrons. The van der Waals surface area contributed by atoms with Crippen LogP contribution in [0.3, 0.4) is 0 Å². The van der Waals surface area contributed by atoms with E-state index < -0.39 is 0 Å². The average Bonchev–Trinajstić information content (AvgIpc) is 3.00. The van der Waals surface area contributed by atoms with Crippen LogP contribution in [0.15, 0.2) is 12.4 Å². The van der Waals surface area contributed by atoms with Gasteiger partial charge < -0.3 is 9.80 Å². The lowest BCUT2D eigenvalue weighted by atomic mass is 9.94. The molecule has 7 heteroatoms. The van der Waals surface area contributed by atoms with Gasteiger partial charge in [-0.2, -0.15) is 5.10 Å². The third kappa shape index (κ3) is 3.71. The lowest BCUT2D eigenvalue weighted by Crippen LogP contribution is -2.59. The standard InChI is InChI=1S/C18H29N5O2/c1-18(2,3)17(25)22-10-8-21(9-11-22)15-6-5-7-23(16(15)24)14-12-19-20(4)13-14/h12-13,15H,5-11H2,1-4H3. The summed E-state index contributed by atoms with van der Waals surface area (Å²) in [7, 11) is 1.86. The van der Waals surface area contributed by atoms with Crippen LogP contribution in [-0.2, 0) is 16.6 Å². The highest BCUT2D eigenvalue weighted by molar-refractivity contribution is 5.97. The molecule has 0 bridgehead atoms. The largest absolute Gasteiger partial charge is 0.340 e. The first-order valence-corrected chi connectivity index (χ1v) is 9.11. The summed E-state index contributed by atoms with van der Waals surface area (Å²) in [5.74, 6) is 0.356. The normalized spacial score (nSPS) is 23.2. The number of piperazine rings is 1.